The van der Waals surface area contributed by atoms with Crippen LogP contribution in [-0.2, 0) is 9.53 Å². The van der Waals surface area contributed by atoms with Crippen LogP contribution >= 0.6 is 0 Å². The van der Waals surface area contributed by atoms with Crippen LogP contribution in [0.25, 0.3) is 0 Å². The Morgan fingerprint density at radius 2 is 1.97 bits per heavy atom. The fraction of sp³-hybridized carbons (Fsp3) is 0.409. The third kappa shape index (κ3) is 4.91. The van der Waals surface area contributed by atoms with Crippen LogP contribution in [-0.4, -0.2) is 74.6 Å². The summed E-state index contributed by atoms with van der Waals surface area (Å²) in [5.41, 5.74) is 0.859. The minimum Gasteiger partial charge on any atom is -0.461 e. The minimum atomic E-state index is -0.567. The van der Waals surface area contributed by atoms with Gasteiger partial charge in [-0.2, -0.15) is 0 Å². The van der Waals surface area contributed by atoms with Gasteiger partial charge in [0.1, 0.15) is 11.9 Å². The van der Waals surface area contributed by atoms with Crippen molar-refractivity contribution in [2.24, 2.45) is 0 Å². The number of Topliss-reactive ketones (excluding diaryl/α,β-unsaturated/α-hetero) is 1. The molecule has 9 nitrogen and oxygen atoms in total. The second-order valence-electron chi connectivity index (χ2n) is 7.85. The van der Waals surface area contributed by atoms with Crippen LogP contribution in [0.5, 0.6) is 0 Å². The molecule has 2 amide bonds. The quantitative estimate of drug-likeness (QED) is 0.652. The van der Waals surface area contributed by atoms with E-state index in [-0.39, 0.29) is 31.3 Å². The van der Waals surface area contributed by atoms with Gasteiger partial charge >= 0.3 is 6.09 Å². The molecule has 0 aliphatic carbocycles. The lowest BCUT2D eigenvalue weighted by molar-refractivity contribution is -0.119. The van der Waals surface area contributed by atoms with Crippen molar-refractivity contribution in [3.63, 3.8) is 0 Å². The van der Waals surface area contributed by atoms with E-state index in [0.717, 1.165) is 0 Å². The number of ketones is 1. The number of nitrogens with zero attached hydrogens (tertiary/aromatic N) is 3. The predicted octanol–water partition coefficient (Wildman–Crippen LogP) is 1.88. The molecule has 1 N–H and O–H groups in total. The zero-order chi connectivity index (χ0) is 22.7. The molecule has 0 saturated carbocycles. The number of benzene rings is 1. The summed E-state index contributed by atoms with van der Waals surface area (Å²) in [5, 5.41) is 2.61. The monoisotopic (exact) mass is 444 g/mol. The Labute approximate surface area is 184 Å². The molecule has 4 rings (SSSR count). The van der Waals surface area contributed by atoms with Gasteiger partial charge in [-0.25, -0.2) is 9.18 Å². The first-order chi connectivity index (χ1) is 15.4. The number of hydrogen-bond acceptors (Lipinski definition) is 7. The maximum atomic E-state index is 14.9. The lowest BCUT2D eigenvalue weighted by Gasteiger charge is -2.35. The van der Waals surface area contributed by atoms with Gasteiger partial charge in [0.25, 0.3) is 0 Å². The number of ether oxygens (including phenoxy) is 1. The van der Waals surface area contributed by atoms with E-state index in [0.29, 0.717) is 43.3 Å². The lowest BCUT2D eigenvalue weighted by Crippen LogP contribution is -2.48. The van der Waals surface area contributed by atoms with Crippen molar-refractivity contribution in [2.75, 3.05) is 55.6 Å². The van der Waals surface area contributed by atoms with Crippen molar-refractivity contribution in [1.29, 1.82) is 0 Å². The van der Waals surface area contributed by atoms with E-state index in [9.17, 15) is 18.8 Å². The highest BCUT2D eigenvalue weighted by atomic mass is 19.1. The Hall–Kier alpha value is -3.40. The van der Waals surface area contributed by atoms with Crippen molar-refractivity contribution in [1.82, 2.24) is 10.2 Å². The summed E-state index contributed by atoms with van der Waals surface area (Å²) in [6, 6.07) is 8.00. The standard InChI is InChI=1S/C22H25FN4O5/c1-15(28)24-12-17-13-27(22(30)32-17)16-4-5-19(18(23)11-16)26-8-6-25(7-9-26)14-20(29)21-3-2-10-31-21/h2-5,10-11,17H,6-9,12-14H2,1H3,(H,24,28)/t17-/m0/s1. The van der Waals surface area contributed by atoms with E-state index in [4.69, 9.17) is 9.15 Å². The molecule has 170 valence electrons. The van der Waals surface area contributed by atoms with E-state index in [1.807, 2.05) is 9.80 Å². The van der Waals surface area contributed by atoms with Crippen LogP contribution in [0.4, 0.5) is 20.6 Å². The number of furan rings is 1. The number of cyclic esters (lactones) is 1. The van der Waals surface area contributed by atoms with Gasteiger partial charge in [0.2, 0.25) is 11.7 Å². The van der Waals surface area contributed by atoms with Crippen molar-refractivity contribution in [3.8, 4) is 0 Å². The molecule has 1 aromatic carbocycles. The summed E-state index contributed by atoms with van der Waals surface area (Å²) in [5.74, 6) is -0.372. The van der Waals surface area contributed by atoms with Gasteiger partial charge in [-0.15, -0.1) is 0 Å². The van der Waals surface area contributed by atoms with Crippen molar-refractivity contribution >= 4 is 29.2 Å². The topological polar surface area (TPSA) is 95.3 Å². The molecule has 2 aromatic rings. The van der Waals surface area contributed by atoms with Gasteiger partial charge in [0.05, 0.1) is 37.3 Å². The fourth-order valence-electron chi connectivity index (χ4n) is 3.88. The number of anilines is 2. The molecule has 2 aliphatic rings. The average molecular weight is 444 g/mol. The molecule has 0 radical (unpaired) electrons. The molecule has 0 unspecified atom stereocenters. The van der Waals surface area contributed by atoms with Crippen molar-refractivity contribution in [3.05, 3.63) is 48.2 Å². The molecule has 2 saturated heterocycles. The van der Waals surface area contributed by atoms with E-state index < -0.39 is 18.0 Å². The zero-order valence-corrected chi connectivity index (χ0v) is 17.8. The summed E-state index contributed by atoms with van der Waals surface area (Å²) in [7, 11) is 0. The van der Waals surface area contributed by atoms with Crippen LogP contribution in [0, 0.1) is 5.82 Å². The summed E-state index contributed by atoms with van der Waals surface area (Å²) in [6.45, 7) is 4.50. The maximum Gasteiger partial charge on any atom is 0.414 e. The normalized spacial score (nSPS) is 19.2. The molecular weight excluding hydrogens is 419 g/mol. The number of amides is 2. The van der Waals surface area contributed by atoms with Crippen LogP contribution in [0.1, 0.15) is 17.5 Å². The Balaban J connectivity index is 1.33. The Bertz CT molecular complexity index is 988. The largest absolute Gasteiger partial charge is 0.461 e. The maximum absolute atomic E-state index is 14.9. The van der Waals surface area contributed by atoms with E-state index in [2.05, 4.69) is 5.32 Å². The van der Waals surface area contributed by atoms with Gasteiger partial charge in [-0.05, 0) is 30.3 Å². The van der Waals surface area contributed by atoms with Gasteiger partial charge in [-0.3, -0.25) is 19.4 Å². The number of piperazine rings is 1. The van der Waals surface area contributed by atoms with Crippen LogP contribution in [0.2, 0.25) is 0 Å². The first-order valence-electron chi connectivity index (χ1n) is 10.5. The molecular formula is C22H25FN4O5. The molecule has 0 spiro atoms. The highest BCUT2D eigenvalue weighted by Crippen LogP contribution is 2.28. The minimum absolute atomic E-state index is 0.0757. The number of hydrogen-bond donors (Lipinski definition) is 1. The van der Waals surface area contributed by atoms with Crippen molar-refractivity contribution < 1.29 is 27.9 Å². The molecule has 0 bridgehead atoms. The highest BCUT2D eigenvalue weighted by molar-refractivity contribution is 5.95. The van der Waals surface area contributed by atoms with Crippen LogP contribution < -0.4 is 15.1 Å². The van der Waals surface area contributed by atoms with Crippen molar-refractivity contribution in [2.45, 2.75) is 13.0 Å². The average Bonchev–Trinajstić information content (AvgIpc) is 3.43. The molecule has 3 heterocycles. The van der Waals surface area contributed by atoms with Gasteiger partial charge < -0.3 is 19.4 Å². The fourth-order valence-corrected chi connectivity index (χ4v) is 3.88. The van der Waals surface area contributed by atoms with E-state index in [1.165, 1.54) is 24.2 Å². The summed E-state index contributed by atoms with van der Waals surface area (Å²) < 4.78 is 25.3. The van der Waals surface area contributed by atoms with Gasteiger partial charge in [0.15, 0.2) is 5.76 Å². The molecule has 1 atom stereocenters. The summed E-state index contributed by atoms with van der Waals surface area (Å²) in [6.07, 6.45) is 0.427. The molecule has 2 aliphatic heterocycles. The summed E-state index contributed by atoms with van der Waals surface area (Å²) >= 11 is 0. The number of halogens is 1. The zero-order valence-electron chi connectivity index (χ0n) is 17.8. The van der Waals surface area contributed by atoms with Gasteiger partial charge in [-0.1, -0.05) is 0 Å². The Morgan fingerprint density at radius 3 is 2.62 bits per heavy atom. The predicted molar refractivity (Wildman–Crippen MR) is 114 cm³/mol. The Kier molecular flexibility index (Phi) is 6.40. The number of rotatable bonds is 7. The second kappa shape index (κ2) is 9.39. The molecule has 1 aromatic heterocycles. The highest BCUT2D eigenvalue weighted by Gasteiger charge is 2.33. The first-order valence-corrected chi connectivity index (χ1v) is 10.5. The lowest BCUT2D eigenvalue weighted by atomic mass is 10.2. The first kappa shape index (κ1) is 21.8. The van der Waals surface area contributed by atoms with E-state index >= 15 is 0 Å². The van der Waals surface area contributed by atoms with Crippen LogP contribution in [0.3, 0.4) is 0 Å². The SMILES string of the molecule is CC(=O)NC[C@H]1CN(c2ccc(N3CCN(CC(=O)c4ccco4)CC3)c(F)c2)C(=O)O1. The second-order valence-corrected chi connectivity index (χ2v) is 7.85. The number of carbonyl (C=O) groups is 3. The van der Waals surface area contributed by atoms with E-state index in [1.54, 1.807) is 24.3 Å². The molecule has 10 heteroatoms. The third-order valence-electron chi connectivity index (χ3n) is 5.57. The number of nitrogens with one attached hydrogen (secondary N) is 1. The Morgan fingerprint density at radius 1 is 1.19 bits per heavy atom. The smallest absolute Gasteiger partial charge is 0.414 e. The summed E-state index contributed by atoms with van der Waals surface area (Å²) in [4.78, 5) is 40.7. The third-order valence-corrected chi connectivity index (χ3v) is 5.57. The van der Waals surface area contributed by atoms with Gasteiger partial charge in [0, 0.05) is 33.1 Å². The molecule has 2 fully saturated rings. The van der Waals surface area contributed by atoms with Crippen LogP contribution in [0.15, 0.2) is 41.0 Å². The molecule has 32 heavy (non-hydrogen) atoms. The number of carbonyl (C=O) groups excluding carboxylic acids is 3.